The molecule has 0 saturated heterocycles. The maximum Gasteiger partial charge on any atom is 0.256 e. The molecule has 76 valence electrons. The van der Waals surface area contributed by atoms with Gasteiger partial charge in [-0.05, 0) is 43.4 Å². The predicted molar refractivity (Wildman–Crippen MR) is 58.5 cm³/mol. The van der Waals surface area contributed by atoms with Crippen LogP contribution >= 0.6 is 11.8 Å². The van der Waals surface area contributed by atoms with Gasteiger partial charge >= 0.3 is 0 Å². The van der Waals surface area contributed by atoms with Crippen molar-refractivity contribution in [2.24, 2.45) is 22.7 Å². The summed E-state index contributed by atoms with van der Waals surface area (Å²) in [6.45, 7) is 0. The van der Waals surface area contributed by atoms with Crippen molar-refractivity contribution in [3.63, 3.8) is 0 Å². The number of amides is 1. The molecule has 0 aromatic rings. The molecule has 1 heterocycles. The Hall–Kier alpha value is -0.310. The average molecular weight is 209 g/mol. The largest absolute Gasteiger partial charge is 0.272 e. The van der Waals surface area contributed by atoms with E-state index in [0.717, 1.165) is 29.2 Å². The van der Waals surface area contributed by atoms with Crippen molar-refractivity contribution < 1.29 is 4.79 Å². The van der Waals surface area contributed by atoms with Gasteiger partial charge < -0.3 is 0 Å². The zero-order chi connectivity index (χ0) is 9.54. The molecule has 0 aromatic heterocycles. The molecule has 0 aromatic carbocycles. The molecule has 2 bridgehead atoms. The Kier molecular flexibility index (Phi) is 2.15. The summed E-state index contributed by atoms with van der Waals surface area (Å²) in [5.74, 6) is 3.49. The first kappa shape index (κ1) is 8.96. The molecular formula is C11H15NOS. The van der Waals surface area contributed by atoms with Gasteiger partial charge in [-0.3, -0.25) is 4.79 Å². The molecule has 3 heteroatoms. The van der Waals surface area contributed by atoms with Gasteiger partial charge in [-0.15, -0.1) is 11.8 Å². The molecule has 3 rings (SSSR count). The minimum absolute atomic E-state index is 0.0770. The van der Waals surface area contributed by atoms with Crippen molar-refractivity contribution in [2.75, 3.05) is 5.75 Å². The molecule has 1 amide bonds. The minimum atomic E-state index is 0.0770. The van der Waals surface area contributed by atoms with E-state index in [0.29, 0.717) is 5.75 Å². The third-order valence-corrected chi connectivity index (χ3v) is 4.92. The van der Waals surface area contributed by atoms with Crippen molar-refractivity contribution in [1.82, 2.24) is 0 Å². The van der Waals surface area contributed by atoms with Gasteiger partial charge in [0.1, 0.15) is 0 Å². The van der Waals surface area contributed by atoms with Crippen LogP contribution in [0, 0.1) is 17.8 Å². The summed E-state index contributed by atoms with van der Waals surface area (Å²) in [7, 11) is 0. The molecule has 1 aliphatic heterocycles. The number of thioether (sulfide) groups is 1. The lowest BCUT2D eigenvalue weighted by Crippen LogP contribution is -2.13. The van der Waals surface area contributed by atoms with Crippen molar-refractivity contribution in [3.8, 4) is 0 Å². The quantitative estimate of drug-likeness (QED) is 0.699. The molecule has 14 heavy (non-hydrogen) atoms. The maximum atomic E-state index is 11.0. The van der Waals surface area contributed by atoms with Gasteiger partial charge in [0.2, 0.25) is 0 Å². The lowest BCUT2D eigenvalue weighted by atomic mass is 9.87. The first-order valence-corrected chi connectivity index (χ1v) is 6.53. The number of carbonyl (C=O) groups is 1. The fourth-order valence-corrected chi connectivity index (χ4v) is 4.16. The number of rotatable bonds is 2. The highest BCUT2D eigenvalue weighted by Gasteiger charge is 2.40. The number of fused-ring (bicyclic) bond motifs is 2. The highest BCUT2D eigenvalue weighted by molar-refractivity contribution is 8.15. The van der Waals surface area contributed by atoms with Gasteiger partial charge in [0.15, 0.2) is 0 Å². The third kappa shape index (κ3) is 1.52. The summed E-state index contributed by atoms with van der Waals surface area (Å²) in [5, 5.41) is 1.12. The Bertz CT molecular complexity index is 300. The van der Waals surface area contributed by atoms with Crippen LogP contribution in [-0.2, 0) is 4.79 Å². The lowest BCUT2D eigenvalue weighted by Gasteiger charge is -2.20. The molecular weight excluding hydrogens is 194 g/mol. The molecule has 3 aliphatic rings. The zero-order valence-corrected chi connectivity index (χ0v) is 9.05. The van der Waals surface area contributed by atoms with Gasteiger partial charge in [-0.25, -0.2) is 4.99 Å². The topological polar surface area (TPSA) is 29.4 Å². The highest BCUT2D eigenvalue weighted by Crippen LogP contribution is 2.50. The SMILES string of the molecule is O=C1CSC(CC2CC3CCC2C3)=N1. The second-order valence-electron chi connectivity index (χ2n) is 4.83. The lowest BCUT2D eigenvalue weighted by molar-refractivity contribution is -0.115. The molecule has 0 N–H and O–H groups in total. The van der Waals surface area contributed by atoms with E-state index in [9.17, 15) is 4.79 Å². The van der Waals surface area contributed by atoms with Gasteiger partial charge in [0, 0.05) is 0 Å². The average Bonchev–Trinajstić information content (AvgIpc) is 2.82. The van der Waals surface area contributed by atoms with Crippen LogP contribution in [0.4, 0.5) is 0 Å². The van der Waals surface area contributed by atoms with Gasteiger partial charge in [0.25, 0.3) is 5.91 Å². The molecule has 0 radical (unpaired) electrons. The van der Waals surface area contributed by atoms with E-state index >= 15 is 0 Å². The van der Waals surface area contributed by atoms with Crippen LogP contribution in [0.3, 0.4) is 0 Å². The first-order chi connectivity index (χ1) is 6.81. The highest BCUT2D eigenvalue weighted by atomic mass is 32.2. The number of nitrogens with zero attached hydrogens (tertiary/aromatic N) is 1. The number of aliphatic imine (C=N–C) groups is 1. The van der Waals surface area contributed by atoms with Gasteiger partial charge in [-0.1, -0.05) is 6.42 Å². The van der Waals surface area contributed by atoms with E-state index in [-0.39, 0.29) is 5.91 Å². The molecule has 3 unspecified atom stereocenters. The van der Waals surface area contributed by atoms with Crippen LogP contribution in [0.15, 0.2) is 4.99 Å². The third-order valence-electron chi connectivity index (χ3n) is 3.93. The van der Waals surface area contributed by atoms with Gasteiger partial charge in [0.05, 0.1) is 10.8 Å². The van der Waals surface area contributed by atoms with Crippen molar-refractivity contribution >= 4 is 22.7 Å². The summed E-state index contributed by atoms with van der Waals surface area (Å²) in [6.07, 6.45) is 6.84. The molecule has 3 atom stereocenters. The van der Waals surface area contributed by atoms with Crippen LogP contribution in [-0.4, -0.2) is 16.7 Å². The van der Waals surface area contributed by atoms with Crippen molar-refractivity contribution in [1.29, 1.82) is 0 Å². The summed E-state index contributed by atoms with van der Waals surface area (Å²) < 4.78 is 0. The van der Waals surface area contributed by atoms with E-state index in [1.165, 1.54) is 25.7 Å². The van der Waals surface area contributed by atoms with E-state index < -0.39 is 0 Å². The Balaban J connectivity index is 1.63. The number of hydrogen-bond donors (Lipinski definition) is 0. The maximum absolute atomic E-state index is 11.0. The summed E-state index contributed by atoms with van der Waals surface area (Å²) in [5.41, 5.74) is 0. The number of hydrogen-bond acceptors (Lipinski definition) is 2. The Morgan fingerprint density at radius 3 is 2.86 bits per heavy atom. The van der Waals surface area contributed by atoms with Crippen LogP contribution in [0.1, 0.15) is 32.1 Å². The van der Waals surface area contributed by atoms with E-state index in [4.69, 9.17) is 0 Å². The predicted octanol–water partition coefficient (Wildman–Crippen LogP) is 2.48. The standard InChI is InChI=1S/C11H15NOS/c13-10-6-14-11(12-10)5-9-4-7-1-2-8(9)3-7/h7-9H,1-6H2. The molecule has 2 saturated carbocycles. The second kappa shape index (κ2) is 3.37. The summed E-state index contributed by atoms with van der Waals surface area (Å²) in [6, 6.07) is 0. The smallest absolute Gasteiger partial charge is 0.256 e. The molecule has 2 fully saturated rings. The Morgan fingerprint density at radius 2 is 2.29 bits per heavy atom. The van der Waals surface area contributed by atoms with E-state index in [2.05, 4.69) is 4.99 Å². The fourth-order valence-electron chi connectivity index (χ4n) is 3.30. The Morgan fingerprint density at radius 1 is 1.36 bits per heavy atom. The van der Waals surface area contributed by atoms with Crippen LogP contribution < -0.4 is 0 Å². The van der Waals surface area contributed by atoms with Crippen LogP contribution in [0.5, 0.6) is 0 Å². The Labute approximate surface area is 88.6 Å². The van der Waals surface area contributed by atoms with E-state index in [1.54, 1.807) is 11.8 Å². The minimum Gasteiger partial charge on any atom is -0.272 e. The first-order valence-electron chi connectivity index (χ1n) is 5.54. The zero-order valence-electron chi connectivity index (χ0n) is 8.24. The normalized spacial score (nSPS) is 40.7. The molecule has 0 spiro atoms. The number of carbonyl (C=O) groups excluding carboxylic acids is 1. The van der Waals surface area contributed by atoms with Gasteiger partial charge in [-0.2, -0.15) is 0 Å². The monoisotopic (exact) mass is 209 g/mol. The van der Waals surface area contributed by atoms with Crippen LogP contribution in [0.25, 0.3) is 0 Å². The van der Waals surface area contributed by atoms with Crippen molar-refractivity contribution in [3.05, 3.63) is 0 Å². The van der Waals surface area contributed by atoms with Crippen LogP contribution in [0.2, 0.25) is 0 Å². The van der Waals surface area contributed by atoms with Crippen molar-refractivity contribution in [2.45, 2.75) is 32.1 Å². The summed E-state index contributed by atoms with van der Waals surface area (Å²) in [4.78, 5) is 15.1. The fraction of sp³-hybridized carbons (Fsp3) is 0.818. The molecule has 2 aliphatic carbocycles. The second-order valence-corrected chi connectivity index (χ2v) is 5.88. The summed E-state index contributed by atoms with van der Waals surface area (Å²) >= 11 is 1.67. The molecule has 2 nitrogen and oxygen atoms in total. The van der Waals surface area contributed by atoms with E-state index in [1.807, 2.05) is 0 Å².